The maximum Gasteiger partial charge on any atom is 0.252 e. The molecule has 6 heterocycles. The zero-order valence-corrected chi connectivity index (χ0v) is 65.7. The second-order valence-corrected chi connectivity index (χ2v) is 36.1. The van der Waals surface area contributed by atoms with E-state index >= 15 is 0 Å². The Morgan fingerprint density at radius 2 is 0.649 bits per heavy atom. The highest BCUT2D eigenvalue weighted by Gasteiger charge is 2.46. The first-order valence-corrected chi connectivity index (χ1v) is 39.0. The number of rotatable bonds is 7. The smallest absolute Gasteiger partial charge is 0.252 e. The van der Waals surface area contributed by atoms with E-state index in [1.54, 1.807) is 4.57 Å². The van der Waals surface area contributed by atoms with Gasteiger partial charge in [-0.2, -0.15) is 0 Å². The number of aromatic nitrogens is 3. The summed E-state index contributed by atoms with van der Waals surface area (Å²) in [6.45, 7) is 33.7. The van der Waals surface area contributed by atoms with Crippen LogP contribution in [0.1, 0.15) is 143 Å². The highest BCUT2D eigenvalue weighted by molar-refractivity contribution is 7.00. The van der Waals surface area contributed by atoms with Crippen LogP contribution >= 0.6 is 0 Å². The Kier molecular flexibility index (Phi) is 13.1. The van der Waals surface area contributed by atoms with Crippen LogP contribution in [0.2, 0.25) is 0 Å². The van der Waals surface area contributed by atoms with Crippen LogP contribution in [0, 0.1) is 0 Å². The van der Waals surface area contributed by atoms with Gasteiger partial charge in [-0.1, -0.05) is 261 Å². The number of anilines is 6. The first-order valence-electron chi connectivity index (χ1n) is 43.0. The number of nitrogens with zero attached hydrogens (tertiary/aromatic N) is 5. The Balaban J connectivity index is 0.921. The number of furan rings is 1. The number of benzene rings is 14. The number of para-hydroxylation sites is 4. The lowest BCUT2D eigenvalue weighted by molar-refractivity contribution is 0.590. The summed E-state index contributed by atoms with van der Waals surface area (Å²) in [6.07, 6.45) is 0. The van der Waals surface area contributed by atoms with E-state index < -0.39 is 48.4 Å². The van der Waals surface area contributed by atoms with Crippen molar-refractivity contribution < 1.29 is 15.4 Å². The molecular weight excluding hydrogens is 1350 g/mol. The molecular formula is C104H92BN5O. The quantitative estimate of drug-likeness (QED) is 0.149. The van der Waals surface area contributed by atoms with Crippen molar-refractivity contribution >= 4 is 145 Å². The van der Waals surface area contributed by atoms with E-state index in [1.165, 1.54) is 43.8 Å². The maximum atomic E-state index is 9.82. The molecule has 0 radical (unpaired) electrons. The minimum absolute atomic E-state index is 0.0110. The lowest BCUT2D eigenvalue weighted by Gasteiger charge is -2.45. The molecule has 0 saturated heterocycles. The van der Waals surface area contributed by atoms with E-state index in [0.717, 1.165) is 134 Å². The highest BCUT2D eigenvalue weighted by atomic mass is 16.3. The molecule has 0 amide bonds. The summed E-state index contributed by atoms with van der Waals surface area (Å²) < 4.78 is 89.8. The van der Waals surface area contributed by atoms with Gasteiger partial charge in [-0.15, -0.1) is 0 Å². The molecule has 2 aliphatic heterocycles. The second kappa shape index (κ2) is 24.2. The third kappa shape index (κ3) is 10.7. The molecule has 0 unspecified atom stereocenters. The van der Waals surface area contributed by atoms with Crippen molar-refractivity contribution in [1.29, 1.82) is 0 Å². The molecule has 6 nitrogen and oxygen atoms in total. The van der Waals surface area contributed by atoms with Gasteiger partial charge in [-0.05, 0) is 221 Å². The van der Waals surface area contributed by atoms with Crippen molar-refractivity contribution in [1.82, 2.24) is 13.7 Å². The summed E-state index contributed by atoms with van der Waals surface area (Å²) in [5.74, 6) is 0. The Bertz CT molecular complexity index is 7160. The van der Waals surface area contributed by atoms with Gasteiger partial charge in [0.25, 0.3) is 6.71 Å². The van der Waals surface area contributed by atoms with Crippen LogP contribution in [-0.4, -0.2) is 20.4 Å². The molecule has 18 aromatic rings. The molecule has 0 atom stereocenters. The van der Waals surface area contributed by atoms with Crippen LogP contribution in [0.3, 0.4) is 0 Å². The van der Waals surface area contributed by atoms with Gasteiger partial charge in [0.1, 0.15) is 0 Å². The number of fused-ring (bicyclic) bond motifs is 16. The van der Waals surface area contributed by atoms with Gasteiger partial charge >= 0.3 is 0 Å². The van der Waals surface area contributed by atoms with Gasteiger partial charge in [0.05, 0.1) is 55.4 Å². The fourth-order valence-corrected chi connectivity index (χ4v) is 17.8. The van der Waals surface area contributed by atoms with E-state index in [1.807, 2.05) is 18.2 Å². The molecule has 0 N–H and O–H groups in total. The average Bonchev–Trinajstić information content (AvgIpc) is 1.58. The molecule has 20 rings (SSSR count). The lowest BCUT2D eigenvalue weighted by atomic mass is 9.33. The van der Waals surface area contributed by atoms with Crippen LogP contribution in [0.15, 0.2) is 289 Å². The van der Waals surface area contributed by atoms with Gasteiger partial charge in [-0.25, -0.2) is 0 Å². The van der Waals surface area contributed by atoms with Crippen LogP contribution in [0.5, 0.6) is 0 Å². The van der Waals surface area contributed by atoms with E-state index in [4.69, 9.17) is 7.16 Å². The molecule has 0 saturated carbocycles. The van der Waals surface area contributed by atoms with Crippen molar-refractivity contribution in [3.8, 4) is 39.3 Å². The fraction of sp³-hybridized carbons (Fsp3) is 0.192. The van der Waals surface area contributed by atoms with Gasteiger partial charge < -0.3 is 27.9 Å². The van der Waals surface area contributed by atoms with Crippen LogP contribution in [0.25, 0.3) is 127 Å². The second-order valence-electron chi connectivity index (χ2n) is 36.1. The monoisotopic (exact) mass is 1450 g/mol. The minimum atomic E-state index is -0.499. The Morgan fingerprint density at radius 3 is 1.09 bits per heavy atom. The minimum Gasteiger partial charge on any atom is -0.452 e. The summed E-state index contributed by atoms with van der Waals surface area (Å²) in [4.78, 5) is 4.87. The van der Waals surface area contributed by atoms with E-state index in [0.29, 0.717) is 5.69 Å². The van der Waals surface area contributed by atoms with E-state index in [2.05, 4.69) is 341 Å². The average molecular weight is 1450 g/mol. The molecule has 542 valence electrons. The topological polar surface area (TPSA) is 34.4 Å². The van der Waals surface area contributed by atoms with Gasteiger partial charge in [-0.3, -0.25) is 0 Å². The van der Waals surface area contributed by atoms with Crippen molar-refractivity contribution in [3.63, 3.8) is 0 Å². The zero-order valence-electron chi connectivity index (χ0n) is 73.7. The largest absolute Gasteiger partial charge is 0.452 e. The van der Waals surface area contributed by atoms with Crippen molar-refractivity contribution in [2.45, 2.75) is 131 Å². The van der Waals surface area contributed by atoms with Gasteiger partial charge in [0.15, 0.2) is 11.2 Å². The highest BCUT2D eigenvalue weighted by Crippen LogP contribution is 2.52. The number of hydrogen-bond donors (Lipinski definition) is 0. The van der Waals surface area contributed by atoms with Crippen molar-refractivity contribution in [2.75, 3.05) is 9.80 Å². The zero-order chi connectivity index (χ0) is 83.2. The van der Waals surface area contributed by atoms with Crippen LogP contribution in [0.4, 0.5) is 34.1 Å². The van der Waals surface area contributed by atoms with Crippen molar-refractivity contribution in [3.05, 3.63) is 313 Å². The van der Waals surface area contributed by atoms with E-state index in [-0.39, 0.29) is 55.6 Å². The SMILES string of the molecule is [2H]c1c([2H])c([2H])c2c(c1[2H])c1c([2H])c([2H])c([2H])c([2H])c1n2-c1ccc2c(c1)N(c1cc(-c3ccccc3)cc(-c3ccccc3)c1)c1cc(C(C)(C)C)cc3c1B2c1ccc(-n2c4ccc(C(C)(C)C)cc4c4cc(C(C)(C)C)ccc42)cc1N3c1cccc2c1oc1c(-n3c4ccc(C(C)(C)C)cc4c4cc(C(C)(C)C)ccc43)cccc12. The summed E-state index contributed by atoms with van der Waals surface area (Å²) in [7, 11) is 0. The molecule has 0 spiro atoms. The first kappa shape index (κ1) is 59.8. The fourth-order valence-electron chi connectivity index (χ4n) is 17.8. The predicted molar refractivity (Wildman–Crippen MR) is 475 cm³/mol. The third-order valence-corrected chi connectivity index (χ3v) is 23.8. The summed E-state index contributed by atoms with van der Waals surface area (Å²) in [5, 5.41) is 6.68. The predicted octanol–water partition coefficient (Wildman–Crippen LogP) is 26.8. The summed E-state index contributed by atoms with van der Waals surface area (Å²) in [5.41, 5.74) is 25.6. The number of hydrogen-bond acceptors (Lipinski definition) is 3. The molecule has 7 heteroatoms. The Hall–Kier alpha value is -12.1. The van der Waals surface area contributed by atoms with Crippen molar-refractivity contribution in [2.24, 2.45) is 0 Å². The molecule has 0 aliphatic carbocycles. The van der Waals surface area contributed by atoms with Gasteiger partial charge in [0, 0.05) is 82.9 Å². The molecule has 2 aliphatic rings. The van der Waals surface area contributed by atoms with Crippen LogP contribution < -0.4 is 26.2 Å². The normalized spacial score (nSPS) is 14.5. The third-order valence-electron chi connectivity index (χ3n) is 23.8. The molecule has 111 heavy (non-hydrogen) atoms. The molecule has 14 aromatic carbocycles. The summed E-state index contributed by atoms with van der Waals surface area (Å²) >= 11 is 0. The summed E-state index contributed by atoms with van der Waals surface area (Å²) in [6, 6.07) is 83.4. The van der Waals surface area contributed by atoms with Gasteiger partial charge in [0.2, 0.25) is 0 Å². The first-order chi connectivity index (χ1) is 56.5. The molecule has 4 aromatic heterocycles. The van der Waals surface area contributed by atoms with Crippen LogP contribution in [-0.2, 0) is 27.1 Å². The lowest BCUT2D eigenvalue weighted by Crippen LogP contribution is -2.61. The maximum absolute atomic E-state index is 9.82. The Labute approximate surface area is 662 Å². The standard InChI is InChI=1S/C104H92BN5O/c1-100(2,3)67-40-48-87-79(55-67)80-56-68(101(4,5)6)41-49-88(80)107(87)73-45-47-84-94(62-73)110(92-39-27-35-78-77-34-26-38-91(98(77)111-99(78)92)109-89-50-42-69(102(7,8)9)57-81(89)82-58-70(103(10,11)12)43-51-90(82)109)96-60-71(104(13,14)15)59-95-97(96)105(84)83-46-44-72(106-85-36-24-22-32-75(85)76-33-23-25-37-86(76)106)61-93(83)108(95)74-53-65(63-28-18-16-19-29-63)52-66(54-74)64-30-20-17-21-31-64/h16-62H,1-15H3/i22D,23D,24D,25D,32D,33D,36D,37D. The Morgan fingerprint density at radius 1 is 0.261 bits per heavy atom. The molecule has 0 fully saturated rings. The van der Waals surface area contributed by atoms with E-state index in [9.17, 15) is 8.22 Å². The molecule has 0 bridgehead atoms.